The van der Waals surface area contributed by atoms with Crippen molar-refractivity contribution >= 4 is 5.78 Å². The number of aliphatic hydroxyl groups is 1. The molecule has 1 saturated heterocycles. The second kappa shape index (κ2) is 9.47. The molecule has 1 aliphatic rings. The summed E-state index contributed by atoms with van der Waals surface area (Å²) in [5.74, 6) is 1.28. The quantitative estimate of drug-likeness (QED) is 0.853. The first-order chi connectivity index (χ1) is 9.69. The summed E-state index contributed by atoms with van der Waals surface area (Å²) in [5, 5.41) is 7.75. The van der Waals surface area contributed by atoms with Gasteiger partial charge < -0.3 is 15.6 Å². The number of hydrogen-bond acceptors (Lipinski definition) is 5. The fraction of sp³-hybridized carbons (Fsp3) is 0.533. The maximum absolute atomic E-state index is 11.1. The van der Waals surface area contributed by atoms with Gasteiger partial charge in [0.15, 0.2) is 0 Å². The third kappa shape index (κ3) is 6.14. The number of Topliss-reactive ketones (excluding diaryl/α,β-unsaturated/α-hetero) is 1. The molecule has 112 valence electrons. The summed E-state index contributed by atoms with van der Waals surface area (Å²) in [6.45, 7) is 3.15. The van der Waals surface area contributed by atoms with Gasteiger partial charge in [-0.05, 0) is 17.7 Å². The molecule has 5 nitrogen and oxygen atoms in total. The van der Waals surface area contributed by atoms with Gasteiger partial charge in [-0.25, -0.2) is 0 Å². The molecule has 0 aromatic heterocycles. The molecule has 1 heterocycles. The van der Waals surface area contributed by atoms with Crippen LogP contribution in [0.4, 0.5) is 0 Å². The fourth-order valence-corrected chi connectivity index (χ4v) is 1.99. The number of ketones is 1. The Bertz CT molecular complexity index is 398. The van der Waals surface area contributed by atoms with Gasteiger partial charge in [-0.3, -0.25) is 9.69 Å². The molecular weight excluding hydrogens is 256 g/mol. The van der Waals surface area contributed by atoms with Gasteiger partial charge >= 0.3 is 0 Å². The van der Waals surface area contributed by atoms with Crippen LogP contribution in [0.5, 0.6) is 5.75 Å². The highest BCUT2D eigenvalue weighted by Crippen LogP contribution is 2.16. The Morgan fingerprint density at radius 2 is 2.00 bits per heavy atom. The van der Waals surface area contributed by atoms with Crippen molar-refractivity contribution in [2.45, 2.75) is 19.4 Å². The van der Waals surface area contributed by atoms with E-state index in [9.17, 15) is 4.79 Å². The average Bonchev–Trinajstić information content (AvgIpc) is 2.50. The summed E-state index contributed by atoms with van der Waals surface area (Å²) in [6.07, 6.45) is 1.40. The molecule has 20 heavy (non-hydrogen) atoms. The van der Waals surface area contributed by atoms with Gasteiger partial charge in [-0.1, -0.05) is 12.1 Å². The van der Waals surface area contributed by atoms with Crippen molar-refractivity contribution in [3.05, 3.63) is 29.8 Å². The molecule has 0 bridgehead atoms. The lowest BCUT2D eigenvalue weighted by atomic mass is 10.1. The van der Waals surface area contributed by atoms with Crippen LogP contribution >= 0.6 is 0 Å². The molecule has 5 heteroatoms. The first-order valence-electron chi connectivity index (χ1n) is 6.87. The minimum Gasteiger partial charge on any atom is -0.497 e. The third-order valence-corrected chi connectivity index (χ3v) is 3.08. The van der Waals surface area contributed by atoms with E-state index in [1.165, 1.54) is 5.56 Å². The monoisotopic (exact) mass is 280 g/mol. The highest BCUT2D eigenvalue weighted by molar-refractivity contribution is 5.79. The Balaban J connectivity index is 0.000000444. The Kier molecular flexibility index (Phi) is 7.87. The number of piperidine rings is 1. The average molecular weight is 280 g/mol. The standard InChI is InChI=1S/C13H17NO2.C2H7NO/c1-16-13-4-2-3-11(9-13)10-14-7-5-12(15)6-8-14;3-1-2-4/h2-4,9H,5-8,10H2,1H3;4H,1-3H2. The van der Waals surface area contributed by atoms with E-state index in [4.69, 9.17) is 15.6 Å². The highest BCUT2D eigenvalue weighted by atomic mass is 16.5. The second-order valence-corrected chi connectivity index (χ2v) is 4.68. The van der Waals surface area contributed by atoms with Crippen LogP contribution in [0.15, 0.2) is 24.3 Å². The van der Waals surface area contributed by atoms with Gasteiger partial charge in [0.2, 0.25) is 0 Å². The van der Waals surface area contributed by atoms with Crippen molar-refractivity contribution in [1.29, 1.82) is 0 Å². The predicted molar refractivity (Wildman–Crippen MR) is 78.7 cm³/mol. The molecule has 0 saturated carbocycles. The van der Waals surface area contributed by atoms with Crippen LogP contribution in [-0.2, 0) is 11.3 Å². The van der Waals surface area contributed by atoms with Gasteiger partial charge in [0.25, 0.3) is 0 Å². The van der Waals surface area contributed by atoms with Gasteiger partial charge in [0.1, 0.15) is 11.5 Å². The van der Waals surface area contributed by atoms with E-state index in [1.54, 1.807) is 7.11 Å². The topological polar surface area (TPSA) is 75.8 Å². The summed E-state index contributed by atoms with van der Waals surface area (Å²) >= 11 is 0. The number of likely N-dealkylation sites (tertiary alicyclic amines) is 1. The van der Waals surface area contributed by atoms with Crippen LogP contribution in [0.1, 0.15) is 18.4 Å². The van der Waals surface area contributed by atoms with Crippen molar-refractivity contribution in [3.63, 3.8) is 0 Å². The maximum Gasteiger partial charge on any atom is 0.135 e. The predicted octanol–water partition coefficient (Wildman–Crippen LogP) is 0.797. The van der Waals surface area contributed by atoms with Gasteiger partial charge in [0.05, 0.1) is 13.7 Å². The summed E-state index contributed by atoms with van der Waals surface area (Å²) in [4.78, 5) is 13.4. The first-order valence-corrected chi connectivity index (χ1v) is 6.87. The Morgan fingerprint density at radius 3 is 2.55 bits per heavy atom. The molecule has 1 fully saturated rings. The molecule has 0 atom stereocenters. The molecule has 0 amide bonds. The van der Waals surface area contributed by atoms with Crippen molar-refractivity contribution in [2.24, 2.45) is 5.73 Å². The van der Waals surface area contributed by atoms with Crippen LogP contribution in [0, 0.1) is 0 Å². The summed E-state index contributed by atoms with van der Waals surface area (Å²) in [5.41, 5.74) is 6.02. The number of nitrogens with zero attached hydrogens (tertiary/aromatic N) is 1. The lowest BCUT2D eigenvalue weighted by Gasteiger charge is -2.25. The summed E-state index contributed by atoms with van der Waals surface area (Å²) < 4.78 is 5.19. The molecule has 3 N–H and O–H groups in total. The molecule has 0 spiro atoms. The van der Waals surface area contributed by atoms with E-state index < -0.39 is 0 Å². The lowest BCUT2D eigenvalue weighted by molar-refractivity contribution is -0.121. The van der Waals surface area contributed by atoms with Gasteiger partial charge in [-0.15, -0.1) is 0 Å². The molecule has 1 aliphatic heterocycles. The number of carbonyl (C=O) groups excluding carboxylic acids is 1. The van der Waals surface area contributed by atoms with E-state index in [0.29, 0.717) is 25.2 Å². The van der Waals surface area contributed by atoms with Crippen LogP contribution in [0.25, 0.3) is 0 Å². The Labute approximate surface area is 120 Å². The van der Waals surface area contributed by atoms with E-state index in [2.05, 4.69) is 17.0 Å². The number of nitrogens with two attached hydrogens (primary N) is 1. The Hall–Kier alpha value is -1.43. The van der Waals surface area contributed by atoms with Crippen molar-refractivity contribution in [3.8, 4) is 5.75 Å². The molecule has 0 aliphatic carbocycles. The van der Waals surface area contributed by atoms with Crippen LogP contribution < -0.4 is 10.5 Å². The van der Waals surface area contributed by atoms with E-state index in [0.717, 1.165) is 25.4 Å². The number of carbonyl (C=O) groups is 1. The summed E-state index contributed by atoms with van der Waals surface area (Å²) in [6, 6.07) is 8.10. The SMILES string of the molecule is COc1cccc(CN2CCC(=O)CC2)c1.NCCO. The first kappa shape index (κ1) is 16.6. The number of hydrogen-bond donors (Lipinski definition) is 2. The zero-order valence-corrected chi connectivity index (χ0v) is 12.0. The lowest BCUT2D eigenvalue weighted by Crippen LogP contribution is -2.33. The molecule has 1 aromatic carbocycles. The van der Waals surface area contributed by atoms with Crippen molar-refractivity contribution < 1.29 is 14.6 Å². The summed E-state index contributed by atoms with van der Waals surface area (Å²) in [7, 11) is 1.68. The minimum atomic E-state index is 0.0972. The maximum atomic E-state index is 11.1. The van der Waals surface area contributed by atoms with Crippen LogP contribution in [-0.4, -0.2) is 49.1 Å². The molecular formula is C15H24N2O3. The normalized spacial score (nSPS) is 15.4. The second-order valence-electron chi connectivity index (χ2n) is 4.68. The van der Waals surface area contributed by atoms with Crippen LogP contribution in [0.3, 0.4) is 0 Å². The van der Waals surface area contributed by atoms with Gasteiger partial charge in [0, 0.05) is 39.0 Å². The number of methoxy groups -OCH3 is 1. The molecule has 0 radical (unpaired) electrons. The molecule has 1 aromatic rings. The van der Waals surface area contributed by atoms with Crippen molar-refractivity contribution in [2.75, 3.05) is 33.4 Å². The van der Waals surface area contributed by atoms with E-state index in [1.807, 2.05) is 12.1 Å². The number of benzene rings is 1. The van der Waals surface area contributed by atoms with E-state index >= 15 is 0 Å². The molecule has 2 rings (SSSR count). The zero-order chi connectivity index (χ0) is 14.8. The third-order valence-electron chi connectivity index (χ3n) is 3.08. The van der Waals surface area contributed by atoms with Crippen LogP contribution in [0.2, 0.25) is 0 Å². The van der Waals surface area contributed by atoms with Crippen molar-refractivity contribution in [1.82, 2.24) is 4.90 Å². The zero-order valence-electron chi connectivity index (χ0n) is 12.0. The molecule has 0 unspecified atom stereocenters. The van der Waals surface area contributed by atoms with Gasteiger partial charge in [-0.2, -0.15) is 0 Å². The fourth-order valence-electron chi connectivity index (χ4n) is 1.99. The smallest absolute Gasteiger partial charge is 0.135 e. The minimum absolute atomic E-state index is 0.0972. The number of ether oxygens (including phenoxy) is 1. The number of rotatable bonds is 4. The Morgan fingerprint density at radius 1 is 1.35 bits per heavy atom. The van der Waals surface area contributed by atoms with E-state index in [-0.39, 0.29) is 6.61 Å². The number of aliphatic hydroxyl groups excluding tert-OH is 1. The largest absolute Gasteiger partial charge is 0.497 e. The highest BCUT2D eigenvalue weighted by Gasteiger charge is 2.15.